The van der Waals surface area contributed by atoms with Gasteiger partial charge >= 0.3 is 0 Å². The Kier molecular flexibility index (Phi) is 4.88. The van der Waals surface area contributed by atoms with Crippen LogP contribution in [0, 0.1) is 6.92 Å². The lowest BCUT2D eigenvalue weighted by Gasteiger charge is -2.47. The van der Waals surface area contributed by atoms with Gasteiger partial charge in [0.1, 0.15) is 11.5 Å². The highest BCUT2D eigenvalue weighted by molar-refractivity contribution is 5.09. The summed E-state index contributed by atoms with van der Waals surface area (Å²) in [7, 11) is 0. The van der Waals surface area contributed by atoms with E-state index in [1.807, 2.05) is 31.5 Å². The summed E-state index contributed by atoms with van der Waals surface area (Å²) in [6, 6.07) is 8.30. The van der Waals surface area contributed by atoms with E-state index in [2.05, 4.69) is 26.9 Å². The number of likely N-dealkylation sites (tertiary alicyclic amines) is 1. The van der Waals surface area contributed by atoms with Crippen molar-refractivity contribution in [3.63, 3.8) is 0 Å². The van der Waals surface area contributed by atoms with Gasteiger partial charge in [-0.05, 0) is 43.5 Å². The molecule has 0 bridgehead atoms. The Balaban J connectivity index is 1.32. The van der Waals surface area contributed by atoms with E-state index >= 15 is 0 Å². The highest BCUT2D eigenvalue weighted by atomic mass is 16.5. The lowest BCUT2D eigenvalue weighted by atomic mass is 9.89. The normalized spacial score (nSPS) is 21.6. The molecule has 4 heterocycles. The maximum atomic E-state index is 6.27. The van der Waals surface area contributed by atoms with Crippen LogP contribution in [0.1, 0.15) is 29.9 Å². The van der Waals surface area contributed by atoms with Gasteiger partial charge in [-0.1, -0.05) is 6.07 Å². The van der Waals surface area contributed by atoms with Gasteiger partial charge < -0.3 is 9.15 Å². The molecule has 0 aliphatic carbocycles. The molecular formula is C20H27N3O2. The molecule has 134 valence electrons. The molecule has 5 heteroatoms. The standard InChI is InChI=1S/C20H27N3O2/c1-17-4-5-19(25-17)15-22-9-6-20(7-10-22)16-23(11-12-24-20)14-18-3-2-8-21-13-18/h2-5,8,13H,6-7,9-12,14-16H2,1H3. The van der Waals surface area contributed by atoms with E-state index in [0.29, 0.717) is 0 Å². The summed E-state index contributed by atoms with van der Waals surface area (Å²) in [6.07, 6.45) is 5.99. The number of morpholine rings is 1. The third-order valence-electron chi connectivity index (χ3n) is 5.40. The van der Waals surface area contributed by atoms with Crippen molar-refractivity contribution in [1.29, 1.82) is 0 Å². The zero-order valence-electron chi connectivity index (χ0n) is 15.0. The molecule has 0 unspecified atom stereocenters. The van der Waals surface area contributed by atoms with Gasteiger partial charge in [0.05, 0.1) is 18.8 Å². The first kappa shape index (κ1) is 16.8. The minimum absolute atomic E-state index is 0.0238. The summed E-state index contributed by atoms with van der Waals surface area (Å²) in [5.41, 5.74) is 1.31. The molecule has 0 saturated carbocycles. The number of nitrogens with zero attached hydrogens (tertiary/aromatic N) is 3. The summed E-state index contributed by atoms with van der Waals surface area (Å²) in [6.45, 7) is 8.87. The molecule has 2 aliphatic heterocycles. The predicted octanol–water partition coefficient (Wildman–Crippen LogP) is 2.85. The second kappa shape index (κ2) is 7.28. The fourth-order valence-electron chi connectivity index (χ4n) is 4.02. The van der Waals surface area contributed by atoms with Crippen molar-refractivity contribution in [3.05, 3.63) is 53.7 Å². The van der Waals surface area contributed by atoms with Gasteiger partial charge in [0, 0.05) is 45.1 Å². The zero-order valence-corrected chi connectivity index (χ0v) is 15.0. The fraction of sp³-hybridized carbons (Fsp3) is 0.550. The van der Waals surface area contributed by atoms with Crippen molar-refractivity contribution in [2.24, 2.45) is 0 Å². The summed E-state index contributed by atoms with van der Waals surface area (Å²) in [4.78, 5) is 9.23. The van der Waals surface area contributed by atoms with Gasteiger partial charge in [-0.15, -0.1) is 0 Å². The SMILES string of the molecule is Cc1ccc(CN2CCC3(CC2)CN(Cc2cccnc2)CCO3)o1. The predicted molar refractivity (Wildman–Crippen MR) is 96.2 cm³/mol. The average Bonchev–Trinajstić information content (AvgIpc) is 3.03. The summed E-state index contributed by atoms with van der Waals surface area (Å²) < 4.78 is 12.0. The van der Waals surface area contributed by atoms with Gasteiger partial charge in [0.15, 0.2) is 0 Å². The topological polar surface area (TPSA) is 41.7 Å². The lowest BCUT2D eigenvalue weighted by Crippen LogP contribution is -2.56. The van der Waals surface area contributed by atoms with Crippen molar-refractivity contribution >= 4 is 0 Å². The van der Waals surface area contributed by atoms with Gasteiger partial charge in [-0.3, -0.25) is 14.8 Å². The number of ether oxygens (including phenoxy) is 1. The van der Waals surface area contributed by atoms with Gasteiger partial charge in [0.25, 0.3) is 0 Å². The third-order valence-corrected chi connectivity index (χ3v) is 5.40. The Hall–Kier alpha value is -1.69. The lowest BCUT2D eigenvalue weighted by molar-refractivity contribution is -0.138. The minimum Gasteiger partial charge on any atom is -0.465 e. The largest absolute Gasteiger partial charge is 0.465 e. The zero-order chi connectivity index (χ0) is 17.1. The Labute approximate surface area is 149 Å². The molecule has 0 atom stereocenters. The minimum atomic E-state index is 0.0238. The van der Waals surface area contributed by atoms with Crippen molar-refractivity contribution < 1.29 is 9.15 Å². The molecule has 1 spiro atoms. The van der Waals surface area contributed by atoms with E-state index in [-0.39, 0.29) is 5.60 Å². The van der Waals surface area contributed by atoms with Crippen molar-refractivity contribution in [3.8, 4) is 0 Å². The molecular weight excluding hydrogens is 314 g/mol. The average molecular weight is 341 g/mol. The Morgan fingerprint density at radius 1 is 1.08 bits per heavy atom. The first-order valence-electron chi connectivity index (χ1n) is 9.24. The quantitative estimate of drug-likeness (QED) is 0.855. The van der Waals surface area contributed by atoms with Crippen LogP contribution in [0.15, 0.2) is 41.1 Å². The van der Waals surface area contributed by atoms with Crippen LogP contribution in [-0.2, 0) is 17.8 Å². The number of piperidine rings is 1. The van der Waals surface area contributed by atoms with Crippen LogP contribution in [0.5, 0.6) is 0 Å². The number of pyridine rings is 1. The van der Waals surface area contributed by atoms with E-state index in [9.17, 15) is 0 Å². The van der Waals surface area contributed by atoms with Crippen LogP contribution in [0.25, 0.3) is 0 Å². The molecule has 2 aromatic rings. The number of hydrogen-bond acceptors (Lipinski definition) is 5. The Morgan fingerprint density at radius 3 is 2.68 bits per heavy atom. The van der Waals surface area contributed by atoms with Gasteiger partial charge in [-0.2, -0.15) is 0 Å². The van der Waals surface area contributed by atoms with Crippen LogP contribution < -0.4 is 0 Å². The molecule has 2 aromatic heterocycles. The molecule has 2 fully saturated rings. The van der Waals surface area contributed by atoms with Crippen molar-refractivity contribution in [2.45, 2.75) is 38.5 Å². The summed E-state index contributed by atoms with van der Waals surface area (Å²) in [5, 5.41) is 0. The summed E-state index contributed by atoms with van der Waals surface area (Å²) in [5.74, 6) is 2.06. The van der Waals surface area contributed by atoms with Gasteiger partial charge in [0.2, 0.25) is 0 Å². The molecule has 0 amide bonds. The third kappa shape index (κ3) is 4.11. The van der Waals surface area contributed by atoms with Crippen LogP contribution in [-0.4, -0.2) is 53.2 Å². The molecule has 5 nitrogen and oxygen atoms in total. The molecule has 0 N–H and O–H groups in total. The smallest absolute Gasteiger partial charge is 0.118 e. The Morgan fingerprint density at radius 2 is 1.96 bits per heavy atom. The maximum absolute atomic E-state index is 6.27. The van der Waals surface area contributed by atoms with E-state index in [4.69, 9.17) is 9.15 Å². The number of rotatable bonds is 4. The van der Waals surface area contributed by atoms with Crippen LogP contribution in [0.2, 0.25) is 0 Å². The summed E-state index contributed by atoms with van der Waals surface area (Å²) >= 11 is 0. The highest BCUT2D eigenvalue weighted by Gasteiger charge is 2.39. The second-order valence-corrected chi connectivity index (χ2v) is 7.39. The van der Waals surface area contributed by atoms with E-state index in [1.165, 1.54) is 5.56 Å². The van der Waals surface area contributed by atoms with Crippen molar-refractivity contribution in [2.75, 3.05) is 32.8 Å². The molecule has 4 rings (SSSR count). The molecule has 25 heavy (non-hydrogen) atoms. The van der Waals surface area contributed by atoms with Crippen LogP contribution in [0.3, 0.4) is 0 Å². The highest BCUT2D eigenvalue weighted by Crippen LogP contribution is 2.31. The Bertz CT molecular complexity index is 677. The number of hydrogen-bond donors (Lipinski definition) is 0. The first-order valence-corrected chi connectivity index (χ1v) is 9.24. The first-order chi connectivity index (χ1) is 12.2. The maximum Gasteiger partial charge on any atom is 0.118 e. The molecule has 0 radical (unpaired) electrons. The van der Waals surface area contributed by atoms with Gasteiger partial charge in [-0.25, -0.2) is 0 Å². The second-order valence-electron chi connectivity index (χ2n) is 7.39. The van der Waals surface area contributed by atoms with Crippen LogP contribution in [0.4, 0.5) is 0 Å². The number of furan rings is 1. The van der Waals surface area contributed by atoms with E-state index in [1.54, 1.807) is 0 Å². The number of aryl methyl sites for hydroxylation is 1. The number of aromatic nitrogens is 1. The molecule has 2 aliphatic rings. The fourth-order valence-corrected chi connectivity index (χ4v) is 4.02. The molecule has 0 aromatic carbocycles. The monoisotopic (exact) mass is 341 g/mol. The molecule has 2 saturated heterocycles. The van der Waals surface area contributed by atoms with E-state index < -0.39 is 0 Å². The van der Waals surface area contributed by atoms with Crippen molar-refractivity contribution in [1.82, 2.24) is 14.8 Å². The van der Waals surface area contributed by atoms with Crippen LogP contribution >= 0.6 is 0 Å². The van der Waals surface area contributed by atoms with E-state index in [0.717, 1.165) is 70.2 Å².